The standard InChI is InChI=1S/C19H16N2O8/c20-18(27)12-15(24)13(21-29)8-5-7-4-6-2-1-3-9(22)10(6)14(23)11(7)16(25)19(8,28)17(12)26/h1-3,7-8,22,24-25,28-29H,4-5H2,(H2,20,27)/b21-13-/t7-,8-,19-/m0/s1. The summed E-state index contributed by atoms with van der Waals surface area (Å²) in [5, 5.41) is 54.5. The summed E-state index contributed by atoms with van der Waals surface area (Å²) in [5.41, 5.74) is 0.799. The number of benzene rings is 1. The van der Waals surface area contributed by atoms with Gasteiger partial charge in [0.2, 0.25) is 5.78 Å². The zero-order valence-corrected chi connectivity index (χ0v) is 14.8. The highest BCUT2D eigenvalue weighted by Crippen LogP contribution is 2.50. The Bertz CT molecular complexity index is 1100. The first-order valence-corrected chi connectivity index (χ1v) is 8.66. The van der Waals surface area contributed by atoms with E-state index in [0.29, 0.717) is 5.56 Å². The van der Waals surface area contributed by atoms with Crippen molar-refractivity contribution < 1.29 is 40.0 Å². The van der Waals surface area contributed by atoms with Crippen LogP contribution in [0.15, 0.2) is 46.0 Å². The summed E-state index contributed by atoms with van der Waals surface area (Å²) in [7, 11) is 0. The van der Waals surface area contributed by atoms with Crippen molar-refractivity contribution in [3.8, 4) is 5.75 Å². The lowest BCUT2D eigenvalue weighted by atomic mass is 9.59. The molecule has 1 aromatic carbocycles. The zero-order valence-electron chi connectivity index (χ0n) is 14.8. The molecule has 10 heteroatoms. The Morgan fingerprint density at radius 2 is 1.90 bits per heavy atom. The number of rotatable bonds is 1. The smallest absolute Gasteiger partial charge is 0.256 e. The fraction of sp³-hybridized carbons (Fsp3) is 0.263. The summed E-state index contributed by atoms with van der Waals surface area (Å²) in [6.07, 6.45) is 0.0272. The number of hydrogen-bond donors (Lipinski definition) is 6. The van der Waals surface area contributed by atoms with Crippen molar-refractivity contribution >= 4 is 23.2 Å². The first kappa shape index (κ1) is 18.7. The molecule has 0 saturated carbocycles. The van der Waals surface area contributed by atoms with E-state index in [1.807, 2.05) is 0 Å². The monoisotopic (exact) mass is 400 g/mol. The van der Waals surface area contributed by atoms with Gasteiger partial charge in [0.15, 0.2) is 17.1 Å². The van der Waals surface area contributed by atoms with Gasteiger partial charge in [0.05, 0.1) is 11.5 Å². The van der Waals surface area contributed by atoms with Crippen molar-refractivity contribution in [1.82, 2.24) is 0 Å². The normalized spacial score (nSPS) is 30.2. The number of fused-ring (bicyclic) bond motifs is 3. The molecule has 0 aliphatic heterocycles. The van der Waals surface area contributed by atoms with E-state index in [9.17, 15) is 40.0 Å². The first-order valence-electron chi connectivity index (χ1n) is 8.66. The van der Waals surface area contributed by atoms with Crippen LogP contribution in [0, 0.1) is 11.8 Å². The van der Waals surface area contributed by atoms with E-state index in [4.69, 9.17) is 5.73 Å². The average molecular weight is 400 g/mol. The van der Waals surface area contributed by atoms with Crippen LogP contribution in [-0.4, -0.2) is 54.4 Å². The van der Waals surface area contributed by atoms with Crippen LogP contribution >= 0.6 is 0 Å². The Morgan fingerprint density at radius 1 is 1.21 bits per heavy atom. The van der Waals surface area contributed by atoms with E-state index in [1.165, 1.54) is 6.07 Å². The van der Waals surface area contributed by atoms with Crippen molar-refractivity contribution in [2.45, 2.75) is 18.4 Å². The lowest BCUT2D eigenvalue weighted by Crippen LogP contribution is -2.60. The highest BCUT2D eigenvalue weighted by atomic mass is 16.4. The van der Waals surface area contributed by atoms with Gasteiger partial charge in [-0.1, -0.05) is 17.3 Å². The third-order valence-electron chi connectivity index (χ3n) is 5.85. The molecule has 0 radical (unpaired) electrons. The molecule has 0 bridgehead atoms. The minimum atomic E-state index is -2.83. The number of phenols is 1. The number of aliphatic hydroxyl groups is 3. The molecule has 0 unspecified atom stereocenters. The molecule has 0 aromatic heterocycles. The number of oxime groups is 1. The number of hydrogen-bond acceptors (Lipinski definition) is 9. The number of nitrogens with two attached hydrogens (primary N) is 1. The lowest BCUT2D eigenvalue weighted by molar-refractivity contribution is -0.139. The van der Waals surface area contributed by atoms with Crippen LogP contribution in [0.25, 0.3) is 0 Å². The number of aliphatic hydroxyl groups excluding tert-OH is 2. The molecule has 1 aromatic rings. The summed E-state index contributed by atoms with van der Waals surface area (Å²) < 4.78 is 0. The predicted molar refractivity (Wildman–Crippen MR) is 95.4 cm³/mol. The number of allylic oxidation sites excluding steroid dienone is 2. The quantitative estimate of drug-likeness (QED) is 0.216. The summed E-state index contributed by atoms with van der Waals surface area (Å²) in [6.45, 7) is 0. The van der Waals surface area contributed by atoms with Gasteiger partial charge in [-0.15, -0.1) is 0 Å². The van der Waals surface area contributed by atoms with E-state index in [0.717, 1.165) is 0 Å². The minimum Gasteiger partial charge on any atom is -0.508 e. The Hall–Kier alpha value is -3.66. The number of aromatic hydroxyl groups is 1. The third-order valence-corrected chi connectivity index (χ3v) is 5.85. The van der Waals surface area contributed by atoms with Crippen LogP contribution in [0.5, 0.6) is 5.75 Å². The fourth-order valence-corrected chi connectivity index (χ4v) is 4.55. The van der Waals surface area contributed by atoms with Gasteiger partial charge in [-0.25, -0.2) is 0 Å². The Morgan fingerprint density at radius 3 is 2.52 bits per heavy atom. The summed E-state index contributed by atoms with van der Waals surface area (Å²) in [4.78, 5) is 37.5. The first-order chi connectivity index (χ1) is 13.6. The number of ketones is 2. The molecule has 0 saturated heterocycles. The van der Waals surface area contributed by atoms with Crippen LogP contribution in [0.3, 0.4) is 0 Å². The fourth-order valence-electron chi connectivity index (χ4n) is 4.55. The van der Waals surface area contributed by atoms with Crippen LogP contribution in [0.1, 0.15) is 22.3 Å². The maximum Gasteiger partial charge on any atom is 0.256 e. The molecular weight excluding hydrogens is 384 g/mol. The van der Waals surface area contributed by atoms with Crippen LogP contribution < -0.4 is 5.73 Å². The minimum absolute atomic E-state index is 0.0554. The molecule has 10 nitrogen and oxygen atoms in total. The van der Waals surface area contributed by atoms with Gasteiger partial charge in [0.25, 0.3) is 5.91 Å². The molecule has 3 aliphatic rings. The van der Waals surface area contributed by atoms with Gasteiger partial charge in [0, 0.05) is 5.57 Å². The number of nitrogens with zero attached hydrogens (tertiary/aromatic N) is 1. The number of primary amides is 1. The second-order valence-corrected chi connectivity index (χ2v) is 7.26. The maximum absolute atomic E-state index is 13.0. The Labute approximate surface area is 162 Å². The lowest BCUT2D eigenvalue weighted by Gasteiger charge is -2.45. The van der Waals surface area contributed by atoms with Gasteiger partial charge in [-0.05, 0) is 30.4 Å². The molecule has 4 rings (SSSR count). The molecule has 0 heterocycles. The molecule has 3 atom stereocenters. The molecule has 0 fully saturated rings. The predicted octanol–water partition coefficient (Wildman–Crippen LogP) is 0.0206. The molecule has 3 aliphatic carbocycles. The van der Waals surface area contributed by atoms with Crippen molar-refractivity contribution in [1.29, 1.82) is 0 Å². The van der Waals surface area contributed by atoms with E-state index >= 15 is 0 Å². The Balaban J connectivity index is 1.98. The van der Waals surface area contributed by atoms with Crippen molar-refractivity contribution in [2.75, 3.05) is 0 Å². The average Bonchev–Trinajstić information content (AvgIpc) is 2.65. The summed E-state index contributed by atoms with van der Waals surface area (Å²) in [5.74, 6) is -8.03. The number of amides is 1. The van der Waals surface area contributed by atoms with E-state index in [2.05, 4.69) is 5.16 Å². The van der Waals surface area contributed by atoms with Crippen LogP contribution in [-0.2, 0) is 16.0 Å². The summed E-state index contributed by atoms with van der Waals surface area (Å²) >= 11 is 0. The molecule has 150 valence electrons. The van der Waals surface area contributed by atoms with E-state index < -0.39 is 57.7 Å². The molecular formula is C19H16N2O8. The number of carbonyl (C=O) groups excluding carboxylic acids is 3. The third kappa shape index (κ3) is 2.20. The van der Waals surface area contributed by atoms with Gasteiger partial charge in [-0.3, -0.25) is 14.4 Å². The van der Waals surface area contributed by atoms with Crippen LogP contribution in [0.2, 0.25) is 0 Å². The van der Waals surface area contributed by atoms with Crippen LogP contribution in [0.4, 0.5) is 0 Å². The highest BCUT2D eigenvalue weighted by molar-refractivity contribution is 6.31. The number of carbonyl (C=O) groups is 3. The largest absolute Gasteiger partial charge is 0.508 e. The molecule has 0 spiro atoms. The van der Waals surface area contributed by atoms with Gasteiger partial charge in [-0.2, -0.15) is 0 Å². The van der Waals surface area contributed by atoms with Gasteiger partial charge >= 0.3 is 0 Å². The van der Waals surface area contributed by atoms with Gasteiger partial charge < -0.3 is 31.4 Å². The van der Waals surface area contributed by atoms with Gasteiger partial charge in [0.1, 0.15) is 22.8 Å². The summed E-state index contributed by atoms with van der Waals surface area (Å²) in [6, 6.07) is 4.47. The second kappa shape index (κ2) is 5.92. The van der Waals surface area contributed by atoms with Crippen molar-refractivity contribution in [2.24, 2.45) is 22.7 Å². The number of phenolic OH excluding ortho intramolecular Hbond substituents is 1. The maximum atomic E-state index is 13.0. The Kier molecular flexibility index (Phi) is 3.81. The second-order valence-electron chi connectivity index (χ2n) is 7.26. The van der Waals surface area contributed by atoms with E-state index in [1.54, 1.807) is 12.1 Å². The highest BCUT2D eigenvalue weighted by Gasteiger charge is 2.62. The van der Waals surface area contributed by atoms with Crippen molar-refractivity contribution in [3.63, 3.8) is 0 Å². The molecule has 7 N–H and O–H groups in total. The van der Waals surface area contributed by atoms with Crippen molar-refractivity contribution in [3.05, 3.63) is 52.0 Å². The zero-order chi connectivity index (χ0) is 21.2. The number of Topliss-reactive ketones (excluding diaryl/α,β-unsaturated/α-hetero) is 2. The SMILES string of the molecule is NC(=O)C1=C(O)/C(=N\O)[C@@H]2C[C@@H]3Cc4cccc(O)c4C(=O)C3=C(O)[C@]2(O)C1=O. The topological polar surface area (TPSA) is 191 Å². The molecule has 29 heavy (non-hydrogen) atoms. The van der Waals surface area contributed by atoms with E-state index in [-0.39, 0.29) is 29.7 Å². The molecule has 1 amide bonds.